The normalized spacial score (nSPS) is 17.9. The molecule has 1 fully saturated rings. The lowest BCUT2D eigenvalue weighted by molar-refractivity contribution is -0.140. The van der Waals surface area contributed by atoms with Crippen LogP contribution in [0.2, 0.25) is 0 Å². The van der Waals surface area contributed by atoms with Crippen LogP contribution < -0.4 is 11.1 Å². The van der Waals surface area contributed by atoms with Crippen LogP contribution in [0.15, 0.2) is 28.7 Å². The van der Waals surface area contributed by atoms with Gasteiger partial charge in [0.05, 0.1) is 12.5 Å². The number of nitrogens with one attached hydrogen (secondary N) is 1. The standard InChI is InChI=1S/C18H25BrN2O3/c19-14-6-4-13(5-7-14)10-15(20)17(24)21-12-18(11-16(22)23)8-2-1-3-9-18/h4-7,15H,1-3,8-12,20H2,(H,21,24)(H,22,23)/t15-/m0/s1. The number of hydrogen-bond acceptors (Lipinski definition) is 3. The lowest BCUT2D eigenvalue weighted by Gasteiger charge is -2.36. The highest BCUT2D eigenvalue weighted by atomic mass is 79.9. The molecule has 0 unspecified atom stereocenters. The van der Waals surface area contributed by atoms with E-state index in [1.165, 1.54) is 0 Å². The van der Waals surface area contributed by atoms with E-state index < -0.39 is 12.0 Å². The maximum absolute atomic E-state index is 12.3. The molecule has 1 saturated carbocycles. The average molecular weight is 397 g/mol. The maximum atomic E-state index is 12.3. The Kier molecular flexibility index (Phi) is 6.80. The Hall–Kier alpha value is -1.40. The third-order valence-corrected chi connectivity index (χ3v) is 5.31. The van der Waals surface area contributed by atoms with Gasteiger partial charge in [-0.1, -0.05) is 47.3 Å². The Balaban J connectivity index is 1.89. The zero-order valence-electron chi connectivity index (χ0n) is 13.8. The Labute approximate surface area is 151 Å². The first kappa shape index (κ1) is 18.9. The van der Waals surface area contributed by atoms with Gasteiger partial charge in [-0.2, -0.15) is 0 Å². The zero-order chi connectivity index (χ0) is 17.6. The SMILES string of the molecule is N[C@@H](Cc1ccc(Br)cc1)C(=O)NCC1(CC(=O)O)CCCCC1. The van der Waals surface area contributed by atoms with Crippen LogP contribution in [0.25, 0.3) is 0 Å². The van der Waals surface area contributed by atoms with Crippen LogP contribution in [0.3, 0.4) is 0 Å². The first-order valence-corrected chi connectivity index (χ1v) is 9.19. The van der Waals surface area contributed by atoms with E-state index in [1.807, 2.05) is 24.3 Å². The van der Waals surface area contributed by atoms with Crippen LogP contribution in [0.5, 0.6) is 0 Å². The molecular formula is C18H25BrN2O3. The van der Waals surface area contributed by atoms with Gasteiger partial charge in [-0.25, -0.2) is 0 Å². The predicted octanol–water partition coefficient (Wildman–Crippen LogP) is 2.86. The number of aliphatic carboxylic acids is 1. The number of benzene rings is 1. The predicted molar refractivity (Wildman–Crippen MR) is 96.6 cm³/mol. The number of nitrogens with two attached hydrogens (primary N) is 1. The third kappa shape index (κ3) is 5.60. The second-order valence-electron chi connectivity index (χ2n) is 6.79. The molecule has 0 bridgehead atoms. The summed E-state index contributed by atoms with van der Waals surface area (Å²) in [6.45, 7) is 0.395. The minimum absolute atomic E-state index is 0.106. The third-order valence-electron chi connectivity index (χ3n) is 4.78. The van der Waals surface area contributed by atoms with Crippen LogP contribution in [0, 0.1) is 5.41 Å². The summed E-state index contributed by atoms with van der Waals surface area (Å²) >= 11 is 3.38. The molecule has 6 heteroatoms. The molecule has 1 aromatic rings. The molecule has 0 heterocycles. The monoisotopic (exact) mass is 396 g/mol. The van der Waals surface area contributed by atoms with Crippen LogP contribution in [-0.4, -0.2) is 29.6 Å². The van der Waals surface area contributed by atoms with Crippen molar-refractivity contribution < 1.29 is 14.7 Å². The maximum Gasteiger partial charge on any atom is 0.303 e. The van der Waals surface area contributed by atoms with Gasteiger partial charge >= 0.3 is 5.97 Å². The molecule has 0 radical (unpaired) electrons. The molecule has 4 N–H and O–H groups in total. The van der Waals surface area contributed by atoms with E-state index in [0.717, 1.165) is 42.1 Å². The molecule has 0 aliphatic heterocycles. The van der Waals surface area contributed by atoms with Gasteiger partial charge < -0.3 is 16.2 Å². The van der Waals surface area contributed by atoms with Crippen molar-refractivity contribution in [2.24, 2.45) is 11.1 Å². The number of carboxylic acids is 1. The first-order valence-electron chi connectivity index (χ1n) is 8.40. The van der Waals surface area contributed by atoms with E-state index in [1.54, 1.807) is 0 Å². The van der Waals surface area contributed by atoms with Crippen LogP contribution >= 0.6 is 15.9 Å². The van der Waals surface area contributed by atoms with Gasteiger partial charge in [0.25, 0.3) is 0 Å². The fraction of sp³-hybridized carbons (Fsp3) is 0.556. The van der Waals surface area contributed by atoms with Crippen molar-refractivity contribution in [3.8, 4) is 0 Å². The van der Waals surface area contributed by atoms with Crippen molar-refractivity contribution in [2.45, 2.75) is 51.0 Å². The summed E-state index contributed by atoms with van der Waals surface area (Å²) in [7, 11) is 0. The summed E-state index contributed by atoms with van der Waals surface area (Å²) in [5.41, 5.74) is 6.68. The van der Waals surface area contributed by atoms with Crippen molar-refractivity contribution in [1.29, 1.82) is 0 Å². The minimum Gasteiger partial charge on any atom is -0.481 e. The molecule has 5 nitrogen and oxygen atoms in total. The number of carbonyl (C=O) groups excluding carboxylic acids is 1. The van der Waals surface area contributed by atoms with Gasteiger partial charge in [0.1, 0.15) is 0 Å². The lowest BCUT2D eigenvalue weighted by Crippen LogP contribution is -2.47. The number of amides is 1. The largest absolute Gasteiger partial charge is 0.481 e. The van der Waals surface area contributed by atoms with E-state index in [2.05, 4.69) is 21.2 Å². The van der Waals surface area contributed by atoms with Gasteiger partial charge in [-0.3, -0.25) is 9.59 Å². The summed E-state index contributed by atoms with van der Waals surface area (Å²) in [5, 5.41) is 12.1. The fourth-order valence-corrected chi connectivity index (χ4v) is 3.68. The molecule has 1 aliphatic rings. The zero-order valence-corrected chi connectivity index (χ0v) is 15.3. The first-order chi connectivity index (χ1) is 11.4. The van der Waals surface area contributed by atoms with E-state index in [9.17, 15) is 14.7 Å². The summed E-state index contributed by atoms with van der Waals surface area (Å²) in [6, 6.07) is 7.08. The van der Waals surface area contributed by atoms with Crippen molar-refractivity contribution >= 4 is 27.8 Å². The summed E-state index contributed by atoms with van der Waals surface area (Å²) in [6.07, 6.45) is 5.45. The second-order valence-corrected chi connectivity index (χ2v) is 7.70. The van der Waals surface area contributed by atoms with E-state index >= 15 is 0 Å². The molecule has 0 aromatic heterocycles. The van der Waals surface area contributed by atoms with Crippen molar-refractivity contribution in [1.82, 2.24) is 5.32 Å². The van der Waals surface area contributed by atoms with Gasteiger partial charge in [0.2, 0.25) is 5.91 Å². The number of hydrogen-bond donors (Lipinski definition) is 3. The number of carboxylic acid groups (broad SMARTS) is 1. The quantitative estimate of drug-likeness (QED) is 0.660. The molecule has 132 valence electrons. The van der Waals surface area contributed by atoms with Crippen LogP contribution in [-0.2, 0) is 16.0 Å². The van der Waals surface area contributed by atoms with Crippen molar-refractivity contribution in [2.75, 3.05) is 6.54 Å². The molecular weight excluding hydrogens is 372 g/mol. The van der Waals surface area contributed by atoms with E-state index in [4.69, 9.17) is 5.73 Å². The topological polar surface area (TPSA) is 92.4 Å². The Bertz CT molecular complexity index is 568. The Morgan fingerprint density at radius 3 is 2.42 bits per heavy atom. The van der Waals surface area contributed by atoms with Crippen molar-refractivity contribution in [3.05, 3.63) is 34.3 Å². The average Bonchev–Trinajstić information content (AvgIpc) is 2.55. The van der Waals surface area contributed by atoms with Gasteiger partial charge in [-0.15, -0.1) is 0 Å². The number of carbonyl (C=O) groups is 2. The number of rotatable bonds is 7. The highest BCUT2D eigenvalue weighted by Crippen LogP contribution is 2.38. The van der Waals surface area contributed by atoms with Gasteiger partial charge in [-0.05, 0) is 42.4 Å². The Morgan fingerprint density at radius 2 is 1.83 bits per heavy atom. The smallest absolute Gasteiger partial charge is 0.303 e. The number of halogens is 1. The van der Waals surface area contributed by atoms with Gasteiger partial charge in [0.15, 0.2) is 0 Å². The van der Waals surface area contributed by atoms with E-state index in [0.29, 0.717) is 13.0 Å². The summed E-state index contributed by atoms with van der Waals surface area (Å²) in [4.78, 5) is 23.5. The highest BCUT2D eigenvalue weighted by molar-refractivity contribution is 9.10. The van der Waals surface area contributed by atoms with Crippen LogP contribution in [0.1, 0.15) is 44.1 Å². The molecule has 0 spiro atoms. The molecule has 24 heavy (non-hydrogen) atoms. The fourth-order valence-electron chi connectivity index (χ4n) is 3.41. The van der Waals surface area contributed by atoms with Crippen molar-refractivity contribution in [3.63, 3.8) is 0 Å². The Morgan fingerprint density at radius 1 is 1.21 bits per heavy atom. The van der Waals surface area contributed by atoms with Crippen LogP contribution in [0.4, 0.5) is 0 Å². The summed E-state index contributed by atoms with van der Waals surface area (Å²) in [5.74, 6) is -1.02. The molecule has 0 saturated heterocycles. The summed E-state index contributed by atoms with van der Waals surface area (Å²) < 4.78 is 0.984. The minimum atomic E-state index is -0.801. The van der Waals surface area contributed by atoms with Gasteiger partial charge in [0, 0.05) is 11.0 Å². The second kappa shape index (κ2) is 8.62. The molecule has 1 amide bonds. The highest BCUT2D eigenvalue weighted by Gasteiger charge is 2.35. The van der Waals surface area contributed by atoms with E-state index in [-0.39, 0.29) is 17.7 Å². The molecule has 1 aliphatic carbocycles. The molecule has 2 rings (SSSR count). The lowest BCUT2D eigenvalue weighted by atomic mass is 9.71. The molecule has 1 aromatic carbocycles. The molecule has 1 atom stereocenters.